The third-order valence-electron chi connectivity index (χ3n) is 2.14. The number of H-pyrrole nitrogens is 1. The summed E-state index contributed by atoms with van der Waals surface area (Å²) in [6.45, 7) is 2.48. The van der Waals surface area contributed by atoms with E-state index in [-0.39, 0.29) is 11.3 Å². The lowest BCUT2D eigenvalue weighted by molar-refractivity contribution is 0.379. The van der Waals surface area contributed by atoms with Gasteiger partial charge in [0.05, 0.1) is 13.3 Å². The van der Waals surface area contributed by atoms with Gasteiger partial charge in [-0.1, -0.05) is 0 Å². The molecule has 0 unspecified atom stereocenters. The molecule has 7 nitrogen and oxygen atoms in total. The molecule has 0 atom stereocenters. The maximum Gasteiger partial charge on any atom is 0.322 e. The van der Waals surface area contributed by atoms with Gasteiger partial charge in [0.2, 0.25) is 11.2 Å². The molecule has 0 radical (unpaired) electrons. The van der Waals surface area contributed by atoms with Gasteiger partial charge >= 0.3 is 6.01 Å². The van der Waals surface area contributed by atoms with E-state index in [1.54, 1.807) is 6.20 Å². The number of ether oxygens (including phenoxy) is 1. The lowest BCUT2D eigenvalue weighted by Gasteiger charge is -2.05. The molecule has 0 aliphatic carbocycles. The number of hydrogen-bond donors (Lipinski definition) is 2. The Kier molecular flexibility index (Phi) is 3.38. The SMILES string of the molecule is COc1nc(Cl)nc(NCc2cn[nH]c2C)n1. The number of aromatic nitrogens is 5. The normalized spacial score (nSPS) is 10.3. The first-order chi connectivity index (χ1) is 8.19. The average molecular weight is 255 g/mol. The Morgan fingerprint density at radius 1 is 1.41 bits per heavy atom. The van der Waals surface area contributed by atoms with Crippen molar-refractivity contribution < 1.29 is 4.74 Å². The predicted molar refractivity (Wildman–Crippen MR) is 62.0 cm³/mol. The summed E-state index contributed by atoms with van der Waals surface area (Å²) >= 11 is 5.72. The highest BCUT2D eigenvalue weighted by Crippen LogP contribution is 2.12. The lowest BCUT2D eigenvalue weighted by atomic mass is 10.3. The van der Waals surface area contributed by atoms with Crippen molar-refractivity contribution in [2.45, 2.75) is 13.5 Å². The number of nitrogens with zero attached hydrogens (tertiary/aromatic N) is 4. The average Bonchev–Trinajstić information content (AvgIpc) is 2.71. The first-order valence-corrected chi connectivity index (χ1v) is 5.25. The Morgan fingerprint density at radius 3 is 2.88 bits per heavy atom. The minimum absolute atomic E-state index is 0.0864. The van der Waals surface area contributed by atoms with Crippen LogP contribution in [0.1, 0.15) is 11.3 Å². The van der Waals surface area contributed by atoms with Gasteiger partial charge in [-0.25, -0.2) is 0 Å². The number of aryl methyl sites for hydroxylation is 1. The Morgan fingerprint density at radius 2 is 2.24 bits per heavy atom. The molecule has 0 bridgehead atoms. The van der Waals surface area contributed by atoms with Gasteiger partial charge < -0.3 is 10.1 Å². The molecule has 2 aromatic rings. The number of anilines is 1. The molecular weight excluding hydrogens is 244 g/mol. The van der Waals surface area contributed by atoms with Crippen LogP contribution in [0.15, 0.2) is 6.20 Å². The molecule has 2 heterocycles. The largest absolute Gasteiger partial charge is 0.467 e. The Labute approximate surface area is 103 Å². The van der Waals surface area contributed by atoms with Gasteiger partial charge in [-0.3, -0.25) is 5.10 Å². The van der Waals surface area contributed by atoms with Gasteiger partial charge in [0, 0.05) is 17.8 Å². The summed E-state index contributed by atoms with van der Waals surface area (Å²) in [7, 11) is 1.47. The molecule has 0 amide bonds. The highest BCUT2D eigenvalue weighted by Gasteiger charge is 2.06. The van der Waals surface area contributed by atoms with Crippen LogP contribution in [-0.2, 0) is 6.54 Å². The van der Waals surface area contributed by atoms with Crippen LogP contribution in [0.5, 0.6) is 6.01 Å². The maximum atomic E-state index is 5.72. The van der Waals surface area contributed by atoms with E-state index in [1.165, 1.54) is 7.11 Å². The first-order valence-electron chi connectivity index (χ1n) is 4.87. The number of methoxy groups -OCH3 is 1. The number of nitrogens with one attached hydrogen (secondary N) is 2. The summed E-state index contributed by atoms with van der Waals surface area (Å²) in [4.78, 5) is 11.7. The fourth-order valence-corrected chi connectivity index (χ4v) is 1.38. The molecule has 0 saturated carbocycles. The monoisotopic (exact) mass is 254 g/mol. The van der Waals surface area contributed by atoms with Crippen molar-refractivity contribution in [3.05, 3.63) is 22.7 Å². The van der Waals surface area contributed by atoms with Crippen LogP contribution in [0.4, 0.5) is 5.95 Å². The predicted octanol–water partition coefficient (Wildman–Crippen LogP) is 1.18. The molecule has 17 heavy (non-hydrogen) atoms. The van der Waals surface area contributed by atoms with Crippen LogP contribution in [0.25, 0.3) is 0 Å². The molecule has 2 N–H and O–H groups in total. The van der Waals surface area contributed by atoms with Crippen LogP contribution >= 0.6 is 11.6 Å². The highest BCUT2D eigenvalue weighted by atomic mass is 35.5. The molecule has 0 spiro atoms. The van der Waals surface area contributed by atoms with Crippen LogP contribution in [-0.4, -0.2) is 32.3 Å². The van der Waals surface area contributed by atoms with Crippen LogP contribution in [0.2, 0.25) is 5.28 Å². The topological polar surface area (TPSA) is 88.6 Å². The number of rotatable bonds is 4. The Bertz CT molecular complexity index is 514. The number of halogens is 1. The van der Waals surface area contributed by atoms with Crippen molar-refractivity contribution in [2.24, 2.45) is 0 Å². The van der Waals surface area contributed by atoms with Crippen molar-refractivity contribution >= 4 is 17.5 Å². The van der Waals surface area contributed by atoms with Crippen molar-refractivity contribution in [2.75, 3.05) is 12.4 Å². The fraction of sp³-hybridized carbons (Fsp3) is 0.333. The van der Waals surface area contributed by atoms with Crippen molar-refractivity contribution in [3.8, 4) is 6.01 Å². The zero-order valence-electron chi connectivity index (χ0n) is 9.36. The molecule has 0 aliphatic rings. The van der Waals surface area contributed by atoms with E-state index in [1.807, 2.05) is 6.92 Å². The highest BCUT2D eigenvalue weighted by molar-refractivity contribution is 6.28. The summed E-state index contributed by atoms with van der Waals surface area (Å²) in [5, 5.41) is 9.86. The molecule has 2 rings (SSSR count). The third kappa shape index (κ3) is 2.82. The molecule has 2 aromatic heterocycles. The molecule has 8 heteroatoms. The van der Waals surface area contributed by atoms with E-state index >= 15 is 0 Å². The van der Waals surface area contributed by atoms with E-state index in [0.29, 0.717) is 12.5 Å². The van der Waals surface area contributed by atoms with Gasteiger partial charge in [0.25, 0.3) is 0 Å². The quantitative estimate of drug-likeness (QED) is 0.852. The molecule has 0 saturated heterocycles. The van der Waals surface area contributed by atoms with Crippen LogP contribution < -0.4 is 10.1 Å². The lowest BCUT2D eigenvalue weighted by Crippen LogP contribution is -2.06. The molecule has 0 aromatic carbocycles. The minimum Gasteiger partial charge on any atom is -0.467 e. The van der Waals surface area contributed by atoms with Gasteiger partial charge in [-0.15, -0.1) is 0 Å². The summed E-state index contributed by atoms with van der Waals surface area (Å²) in [5.74, 6) is 0.363. The van der Waals surface area contributed by atoms with Crippen molar-refractivity contribution in [1.29, 1.82) is 0 Å². The fourth-order valence-electron chi connectivity index (χ4n) is 1.23. The summed E-state index contributed by atoms with van der Waals surface area (Å²) in [5.41, 5.74) is 2.02. The van der Waals surface area contributed by atoms with E-state index in [2.05, 4.69) is 30.5 Å². The van der Waals surface area contributed by atoms with Crippen LogP contribution in [0.3, 0.4) is 0 Å². The molecular formula is C9H11ClN6O. The zero-order valence-corrected chi connectivity index (χ0v) is 10.1. The molecule has 90 valence electrons. The van der Waals surface area contributed by atoms with E-state index in [9.17, 15) is 0 Å². The Hall–Kier alpha value is -1.89. The first kappa shape index (κ1) is 11.6. The zero-order chi connectivity index (χ0) is 12.3. The van der Waals surface area contributed by atoms with Crippen LogP contribution in [0, 0.1) is 6.92 Å². The van der Waals surface area contributed by atoms with E-state index in [4.69, 9.17) is 16.3 Å². The van der Waals surface area contributed by atoms with Crippen molar-refractivity contribution in [3.63, 3.8) is 0 Å². The maximum absolute atomic E-state index is 5.72. The number of hydrogen-bond acceptors (Lipinski definition) is 6. The van der Waals surface area contributed by atoms with Gasteiger partial charge in [0.1, 0.15) is 0 Å². The molecule has 0 fully saturated rings. The van der Waals surface area contributed by atoms with E-state index < -0.39 is 0 Å². The standard InChI is InChI=1S/C9H11ClN6O/c1-5-6(4-12-16-5)3-11-8-13-7(10)14-9(15-8)17-2/h4H,3H2,1-2H3,(H,12,16)(H,11,13,14,15). The van der Waals surface area contributed by atoms with E-state index in [0.717, 1.165) is 11.3 Å². The van der Waals surface area contributed by atoms with Gasteiger partial charge in [-0.05, 0) is 18.5 Å². The Balaban J connectivity index is 2.09. The molecule has 0 aliphatic heterocycles. The second-order valence-electron chi connectivity index (χ2n) is 3.29. The van der Waals surface area contributed by atoms with Gasteiger partial charge in [-0.2, -0.15) is 20.1 Å². The minimum atomic E-state index is 0.0864. The second kappa shape index (κ2) is 4.96. The smallest absolute Gasteiger partial charge is 0.322 e. The number of aromatic amines is 1. The van der Waals surface area contributed by atoms with Gasteiger partial charge in [0.15, 0.2) is 0 Å². The summed E-state index contributed by atoms with van der Waals surface area (Å²) < 4.78 is 4.89. The summed E-state index contributed by atoms with van der Waals surface area (Å²) in [6.07, 6.45) is 1.74. The third-order valence-corrected chi connectivity index (χ3v) is 2.31. The van der Waals surface area contributed by atoms with Crippen molar-refractivity contribution in [1.82, 2.24) is 25.1 Å². The summed E-state index contributed by atoms with van der Waals surface area (Å²) in [6, 6.07) is 0.177. The second-order valence-corrected chi connectivity index (χ2v) is 3.63.